The summed E-state index contributed by atoms with van der Waals surface area (Å²) in [6, 6.07) is 13.2. The number of hydrogen-bond acceptors (Lipinski definition) is 3. The van der Waals surface area contributed by atoms with Gasteiger partial charge in [-0.05, 0) is 29.9 Å². The zero-order chi connectivity index (χ0) is 13.8. The lowest BCUT2D eigenvalue weighted by atomic mass is 10.0. The summed E-state index contributed by atoms with van der Waals surface area (Å²) in [5, 5.41) is 6.10. The summed E-state index contributed by atoms with van der Waals surface area (Å²) in [5.74, 6) is 0.940. The summed E-state index contributed by atoms with van der Waals surface area (Å²) in [7, 11) is 1.72. The topological polar surface area (TPSA) is 30.5 Å². The molecule has 20 heavy (non-hydrogen) atoms. The first-order chi connectivity index (χ1) is 9.88. The van der Waals surface area contributed by atoms with Gasteiger partial charge in [-0.1, -0.05) is 30.3 Å². The molecule has 0 spiro atoms. The molecule has 2 aromatic rings. The van der Waals surface area contributed by atoms with E-state index in [-0.39, 0.29) is 0 Å². The molecule has 1 aliphatic heterocycles. The van der Waals surface area contributed by atoms with Gasteiger partial charge in [0.15, 0.2) is 0 Å². The minimum absolute atomic E-state index is 0.574. The van der Waals surface area contributed by atoms with Gasteiger partial charge in [-0.25, -0.2) is 0 Å². The molecule has 0 atom stereocenters. The Morgan fingerprint density at radius 3 is 2.60 bits per heavy atom. The minimum Gasteiger partial charge on any atom is -0.496 e. The van der Waals surface area contributed by atoms with Crippen molar-refractivity contribution in [1.29, 1.82) is 0 Å². The van der Waals surface area contributed by atoms with Crippen molar-refractivity contribution in [2.24, 2.45) is 0 Å². The zero-order valence-electron chi connectivity index (χ0n) is 11.9. The van der Waals surface area contributed by atoms with Crippen LogP contribution in [0.4, 0.5) is 0 Å². The Morgan fingerprint density at radius 1 is 1.10 bits per heavy atom. The third-order valence-electron chi connectivity index (χ3n) is 4.00. The molecule has 2 aromatic carbocycles. The van der Waals surface area contributed by atoms with Gasteiger partial charge >= 0.3 is 0 Å². The molecule has 1 heterocycles. The molecule has 0 saturated carbocycles. The Morgan fingerprint density at radius 2 is 1.85 bits per heavy atom. The predicted octanol–water partition coefficient (Wildman–Crippen LogP) is 3.12. The molecule has 0 aromatic heterocycles. The van der Waals surface area contributed by atoms with Gasteiger partial charge in [0, 0.05) is 31.2 Å². The SMILES string of the molecule is COc1ccc(CNC2CCOCC2)c2ccccc12. The minimum atomic E-state index is 0.574. The second-order valence-electron chi connectivity index (χ2n) is 5.24. The highest BCUT2D eigenvalue weighted by Gasteiger charge is 2.13. The van der Waals surface area contributed by atoms with E-state index in [9.17, 15) is 0 Å². The number of fused-ring (bicyclic) bond motifs is 1. The van der Waals surface area contributed by atoms with E-state index in [0.717, 1.165) is 38.3 Å². The first kappa shape index (κ1) is 13.4. The van der Waals surface area contributed by atoms with Crippen LogP contribution in [0.5, 0.6) is 5.75 Å². The number of methoxy groups -OCH3 is 1. The molecule has 106 valence electrons. The molecular formula is C17H21NO2. The van der Waals surface area contributed by atoms with E-state index in [4.69, 9.17) is 9.47 Å². The first-order valence-electron chi connectivity index (χ1n) is 7.24. The molecule has 1 N–H and O–H groups in total. The highest BCUT2D eigenvalue weighted by atomic mass is 16.5. The molecule has 3 rings (SSSR count). The lowest BCUT2D eigenvalue weighted by Gasteiger charge is -2.23. The van der Waals surface area contributed by atoms with E-state index in [1.807, 2.05) is 0 Å². The first-order valence-corrected chi connectivity index (χ1v) is 7.24. The third-order valence-corrected chi connectivity index (χ3v) is 4.00. The van der Waals surface area contributed by atoms with Gasteiger partial charge in [0.2, 0.25) is 0 Å². The Balaban J connectivity index is 1.80. The average molecular weight is 271 g/mol. The monoisotopic (exact) mass is 271 g/mol. The van der Waals surface area contributed by atoms with Gasteiger partial charge in [0.05, 0.1) is 7.11 Å². The summed E-state index contributed by atoms with van der Waals surface area (Å²) in [4.78, 5) is 0. The quantitative estimate of drug-likeness (QED) is 0.927. The molecule has 0 aliphatic carbocycles. The number of nitrogens with one attached hydrogen (secondary N) is 1. The van der Waals surface area contributed by atoms with Crippen LogP contribution in [0.15, 0.2) is 36.4 Å². The summed E-state index contributed by atoms with van der Waals surface area (Å²) in [5.41, 5.74) is 1.33. The smallest absolute Gasteiger partial charge is 0.126 e. The van der Waals surface area contributed by atoms with Gasteiger partial charge in [0.25, 0.3) is 0 Å². The van der Waals surface area contributed by atoms with E-state index < -0.39 is 0 Å². The Labute approximate surface area is 119 Å². The molecule has 0 bridgehead atoms. The van der Waals surface area contributed by atoms with Gasteiger partial charge in [-0.2, -0.15) is 0 Å². The maximum absolute atomic E-state index is 5.44. The van der Waals surface area contributed by atoms with E-state index in [1.54, 1.807) is 7.11 Å². The summed E-state index contributed by atoms with van der Waals surface area (Å²) >= 11 is 0. The third kappa shape index (κ3) is 2.79. The lowest BCUT2D eigenvalue weighted by molar-refractivity contribution is 0.0776. The van der Waals surface area contributed by atoms with Crippen molar-refractivity contribution >= 4 is 10.8 Å². The van der Waals surface area contributed by atoms with Gasteiger partial charge in [-0.3, -0.25) is 0 Å². The van der Waals surface area contributed by atoms with E-state index in [0.29, 0.717) is 6.04 Å². The maximum atomic E-state index is 5.44. The van der Waals surface area contributed by atoms with Gasteiger partial charge in [0.1, 0.15) is 5.75 Å². The number of hydrogen-bond donors (Lipinski definition) is 1. The van der Waals surface area contributed by atoms with Crippen LogP contribution in [0.2, 0.25) is 0 Å². The Hall–Kier alpha value is -1.58. The second-order valence-corrected chi connectivity index (χ2v) is 5.24. The standard InChI is InChI=1S/C17H21NO2/c1-19-17-7-6-13(15-4-2-3-5-16(15)17)12-18-14-8-10-20-11-9-14/h2-7,14,18H,8-12H2,1H3. The van der Waals surface area contributed by atoms with E-state index in [1.165, 1.54) is 16.3 Å². The average Bonchev–Trinajstić information content (AvgIpc) is 2.53. The van der Waals surface area contributed by atoms with E-state index in [2.05, 4.69) is 41.7 Å². The normalized spacial score (nSPS) is 16.4. The molecule has 1 fully saturated rings. The summed E-state index contributed by atoms with van der Waals surface area (Å²) < 4.78 is 10.8. The van der Waals surface area contributed by atoms with Gasteiger partial charge in [-0.15, -0.1) is 0 Å². The fourth-order valence-corrected chi connectivity index (χ4v) is 2.82. The fourth-order valence-electron chi connectivity index (χ4n) is 2.82. The van der Waals surface area contributed by atoms with Crippen LogP contribution >= 0.6 is 0 Å². The summed E-state index contributed by atoms with van der Waals surface area (Å²) in [6.07, 6.45) is 2.21. The van der Waals surface area contributed by atoms with Crippen molar-refractivity contribution in [3.63, 3.8) is 0 Å². The molecule has 0 radical (unpaired) electrons. The highest BCUT2D eigenvalue weighted by Crippen LogP contribution is 2.28. The highest BCUT2D eigenvalue weighted by molar-refractivity contribution is 5.91. The summed E-state index contributed by atoms with van der Waals surface area (Å²) in [6.45, 7) is 2.65. The zero-order valence-corrected chi connectivity index (χ0v) is 11.9. The predicted molar refractivity (Wildman–Crippen MR) is 81.2 cm³/mol. The van der Waals surface area contributed by atoms with Crippen molar-refractivity contribution in [2.75, 3.05) is 20.3 Å². The van der Waals surface area contributed by atoms with Crippen molar-refractivity contribution < 1.29 is 9.47 Å². The molecular weight excluding hydrogens is 250 g/mol. The van der Waals surface area contributed by atoms with Crippen LogP contribution < -0.4 is 10.1 Å². The van der Waals surface area contributed by atoms with Crippen LogP contribution in [0, 0.1) is 0 Å². The van der Waals surface area contributed by atoms with E-state index >= 15 is 0 Å². The largest absolute Gasteiger partial charge is 0.496 e. The lowest BCUT2D eigenvalue weighted by Crippen LogP contribution is -2.34. The Bertz CT molecular complexity index is 576. The van der Waals surface area contributed by atoms with Crippen LogP contribution in [0.3, 0.4) is 0 Å². The van der Waals surface area contributed by atoms with Crippen molar-refractivity contribution in [3.8, 4) is 5.75 Å². The molecule has 1 saturated heterocycles. The van der Waals surface area contributed by atoms with Gasteiger partial charge < -0.3 is 14.8 Å². The van der Waals surface area contributed by atoms with Crippen LogP contribution in [0.1, 0.15) is 18.4 Å². The van der Waals surface area contributed by atoms with Crippen LogP contribution in [0.25, 0.3) is 10.8 Å². The molecule has 3 heteroatoms. The van der Waals surface area contributed by atoms with Crippen LogP contribution in [-0.4, -0.2) is 26.4 Å². The number of benzene rings is 2. The van der Waals surface area contributed by atoms with Crippen molar-refractivity contribution in [1.82, 2.24) is 5.32 Å². The fraction of sp³-hybridized carbons (Fsp3) is 0.412. The second kappa shape index (κ2) is 6.25. The van der Waals surface area contributed by atoms with Crippen LogP contribution in [-0.2, 0) is 11.3 Å². The number of rotatable bonds is 4. The van der Waals surface area contributed by atoms with Crippen molar-refractivity contribution in [3.05, 3.63) is 42.0 Å². The molecule has 0 amide bonds. The molecule has 3 nitrogen and oxygen atoms in total. The molecule has 0 unspecified atom stereocenters. The molecule has 1 aliphatic rings. The number of ether oxygens (including phenoxy) is 2. The van der Waals surface area contributed by atoms with Crippen molar-refractivity contribution in [2.45, 2.75) is 25.4 Å². The maximum Gasteiger partial charge on any atom is 0.126 e. The Kier molecular flexibility index (Phi) is 4.19.